The Bertz CT molecular complexity index is 758. The maximum absolute atomic E-state index is 12.3. The van der Waals surface area contributed by atoms with E-state index in [2.05, 4.69) is 5.32 Å². The molecule has 1 N–H and O–H groups in total. The number of amides is 1. The molecule has 130 valence electrons. The number of ether oxygens (including phenoxy) is 2. The molecule has 0 bridgehead atoms. The Kier molecular flexibility index (Phi) is 5.46. The maximum Gasteiger partial charge on any atom is 0.339 e. The molecule has 0 aromatic heterocycles. The summed E-state index contributed by atoms with van der Waals surface area (Å²) in [5, 5.41) is 2.86. The van der Waals surface area contributed by atoms with Crippen molar-refractivity contribution in [3.8, 4) is 0 Å². The molecule has 1 aliphatic heterocycles. The van der Waals surface area contributed by atoms with Crippen molar-refractivity contribution >= 4 is 11.9 Å². The number of rotatable bonds is 6. The molecule has 1 heterocycles. The largest absolute Gasteiger partial charge is 0.454 e. The van der Waals surface area contributed by atoms with Gasteiger partial charge in [-0.05, 0) is 35.7 Å². The van der Waals surface area contributed by atoms with Crippen molar-refractivity contribution < 1.29 is 19.1 Å². The van der Waals surface area contributed by atoms with E-state index in [0.717, 1.165) is 17.5 Å². The standard InChI is InChI=1S/C20H21NO4/c1-24-11-5-10-21-19(22)15-8-9-17-16(12-15)13-18(25-20(17)23)14-6-3-2-4-7-14/h2-4,6-9,12,18H,5,10-11,13H2,1H3,(H,21,22)/t18-/m1/s1. The van der Waals surface area contributed by atoms with Crippen molar-refractivity contribution in [2.24, 2.45) is 0 Å². The predicted octanol–water partition coefficient (Wildman–Crippen LogP) is 2.91. The van der Waals surface area contributed by atoms with Crippen LogP contribution >= 0.6 is 0 Å². The van der Waals surface area contributed by atoms with Gasteiger partial charge in [0.1, 0.15) is 6.10 Å². The van der Waals surface area contributed by atoms with Crippen molar-refractivity contribution in [2.45, 2.75) is 18.9 Å². The van der Waals surface area contributed by atoms with Gasteiger partial charge in [-0.25, -0.2) is 4.79 Å². The Hall–Kier alpha value is -2.66. The first-order valence-corrected chi connectivity index (χ1v) is 8.35. The maximum atomic E-state index is 12.3. The average Bonchev–Trinajstić information content (AvgIpc) is 2.65. The fourth-order valence-corrected chi connectivity index (χ4v) is 2.91. The zero-order valence-electron chi connectivity index (χ0n) is 14.2. The minimum Gasteiger partial charge on any atom is -0.454 e. The van der Waals surface area contributed by atoms with Gasteiger partial charge in [-0.1, -0.05) is 30.3 Å². The molecular weight excluding hydrogens is 318 g/mol. The summed E-state index contributed by atoms with van der Waals surface area (Å²) in [4.78, 5) is 24.5. The van der Waals surface area contributed by atoms with E-state index in [1.807, 2.05) is 30.3 Å². The lowest BCUT2D eigenvalue weighted by atomic mass is 9.93. The summed E-state index contributed by atoms with van der Waals surface area (Å²) in [5.74, 6) is -0.490. The minimum absolute atomic E-state index is 0.144. The number of benzene rings is 2. The van der Waals surface area contributed by atoms with Crippen LogP contribution in [0.3, 0.4) is 0 Å². The first-order valence-electron chi connectivity index (χ1n) is 8.35. The molecule has 1 amide bonds. The number of carbonyl (C=O) groups excluding carboxylic acids is 2. The molecule has 0 fully saturated rings. The molecule has 3 rings (SSSR count). The lowest BCUT2D eigenvalue weighted by Gasteiger charge is -2.25. The van der Waals surface area contributed by atoms with Crippen LogP contribution in [-0.4, -0.2) is 32.1 Å². The molecule has 1 aliphatic rings. The van der Waals surface area contributed by atoms with Crippen LogP contribution in [-0.2, 0) is 15.9 Å². The lowest BCUT2D eigenvalue weighted by molar-refractivity contribution is 0.0252. The Balaban J connectivity index is 1.75. The van der Waals surface area contributed by atoms with Gasteiger partial charge in [-0.2, -0.15) is 0 Å². The second-order valence-corrected chi connectivity index (χ2v) is 5.98. The quantitative estimate of drug-likeness (QED) is 0.649. The topological polar surface area (TPSA) is 64.6 Å². The van der Waals surface area contributed by atoms with E-state index in [1.165, 1.54) is 0 Å². The molecule has 0 saturated heterocycles. The first-order chi connectivity index (χ1) is 12.2. The molecule has 0 saturated carbocycles. The van der Waals surface area contributed by atoms with Gasteiger partial charge < -0.3 is 14.8 Å². The average molecular weight is 339 g/mol. The Morgan fingerprint density at radius 2 is 2.04 bits per heavy atom. The molecule has 0 spiro atoms. The highest BCUT2D eigenvalue weighted by Crippen LogP contribution is 2.30. The van der Waals surface area contributed by atoms with Crippen LogP contribution in [0.1, 0.15) is 44.4 Å². The minimum atomic E-state index is -0.345. The van der Waals surface area contributed by atoms with E-state index in [0.29, 0.717) is 30.7 Å². The van der Waals surface area contributed by atoms with Crippen LogP contribution in [0.5, 0.6) is 0 Å². The monoisotopic (exact) mass is 339 g/mol. The molecule has 2 aromatic carbocycles. The van der Waals surface area contributed by atoms with Crippen LogP contribution < -0.4 is 5.32 Å². The van der Waals surface area contributed by atoms with Crippen molar-refractivity contribution in [1.29, 1.82) is 0 Å². The highest BCUT2D eigenvalue weighted by Gasteiger charge is 2.28. The van der Waals surface area contributed by atoms with E-state index in [-0.39, 0.29) is 18.0 Å². The highest BCUT2D eigenvalue weighted by molar-refractivity contribution is 5.97. The van der Waals surface area contributed by atoms with Gasteiger partial charge in [-0.3, -0.25) is 4.79 Å². The molecule has 1 atom stereocenters. The summed E-state index contributed by atoms with van der Waals surface area (Å²) in [6, 6.07) is 14.8. The highest BCUT2D eigenvalue weighted by atomic mass is 16.5. The molecule has 25 heavy (non-hydrogen) atoms. The summed E-state index contributed by atoms with van der Waals surface area (Å²) in [7, 11) is 1.63. The van der Waals surface area contributed by atoms with Gasteiger partial charge in [0, 0.05) is 32.2 Å². The number of hydrogen-bond acceptors (Lipinski definition) is 4. The number of carbonyl (C=O) groups is 2. The summed E-state index contributed by atoms with van der Waals surface area (Å²) in [6.45, 7) is 1.16. The van der Waals surface area contributed by atoms with Crippen LogP contribution in [0.4, 0.5) is 0 Å². The van der Waals surface area contributed by atoms with Crippen molar-refractivity contribution in [3.63, 3.8) is 0 Å². The number of methoxy groups -OCH3 is 1. The zero-order valence-corrected chi connectivity index (χ0v) is 14.2. The first kappa shape index (κ1) is 17.2. The van der Waals surface area contributed by atoms with Gasteiger partial charge in [0.25, 0.3) is 5.91 Å². The third kappa shape index (κ3) is 4.06. The van der Waals surface area contributed by atoms with Gasteiger partial charge in [0.2, 0.25) is 0 Å². The Labute approximate surface area is 147 Å². The summed E-state index contributed by atoms with van der Waals surface area (Å²) in [5.41, 5.74) is 2.88. The van der Waals surface area contributed by atoms with Crippen molar-refractivity contribution in [1.82, 2.24) is 5.32 Å². The van der Waals surface area contributed by atoms with Gasteiger partial charge >= 0.3 is 5.97 Å². The van der Waals surface area contributed by atoms with Crippen LogP contribution in [0.15, 0.2) is 48.5 Å². The molecule has 0 aliphatic carbocycles. The number of nitrogens with one attached hydrogen (secondary N) is 1. The Morgan fingerprint density at radius 3 is 2.80 bits per heavy atom. The van der Waals surface area contributed by atoms with Gasteiger partial charge in [0.05, 0.1) is 5.56 Å². The van der Waals surface area contributed by atoms with Crippen molar-refractivity contribution in [2.75, 3.05) is 20.3 Å². The van der Waals surface area contributed by atoms with Crippen molar-refractivity contribution in [3.05, 3.63) is 70.8 Å². The SMILES string of the molecule is COCCCNC(=O)c1ccc2c(c1)C[C@H](c1ccccc1)OC2=O. The second-order valence-electron chi connectivity index (χ2n) is 5.98. The van der Waals surface area contributed by atoms with Gasteiger partial charge in [-0.15, -0.1) is 0 Å². The van der Waals surface area contributed by atoms with Crippen LogP contribution in [0.2, 0.25) is 0 Å². The van der Waals surface area contributed by atoms with E-state index in [1.54, 1.807) is 25.3 Å². The normalized spacial score (nSPS) is 16.0. The molecular formula is C20H21NO4. The fourth-order valence-electron chi connectivity index (χ4n) is 2.91. The fraction of sp³-hybridized carbons (Fsp3) is 0.300. The third-order valence-corrected chi connectivity index (χ3v) is 4.22. The number of hydrogen-bond donors (Lipinski definition) is 1. The number of esters is 1. The van der Waals surface area contributed by atoms with Gasteiger partial charge in [0.15, 0.2) is 0 Å². The van der Waals surface area contributed by atoms with E-state index in [4.69, 9.17) is 9.47 Å². The molecule has 0 radical (unpaired) electrons. The Morgan fingerprint density at radius 1 is 1.24 bits per heavy atom. The van der Waals surface area contributed by atoms with Crippen LogP contribution in [0.25, 0.3) is 0 Å². The molecule has 0 unspecified atom stereocenters. The molecule has 5 heteroatoms. The van der Waals surface area contributed by atoms with E-state index >= 15 is 0 Å². The number of fused-ring (bicyclic) bond motifs is 1. The summed E-state index contributed by atoms with van der Waals surface area (Å²) >= 11 is 0. The predicted molar refractivity (Wildman–Crippen MR) is 93.6 cm³/mol. The zero-order chi connectivity index (χ0) is 17.6. The smallest absolute Gasteiger partial charge is 0.339 e. The van der Waals surface area contributed by atoms with E-state index in [9.17, 15) is 9.59 Å². The number of cyclic esters (lactones) is 1. The second kappa shape index (κ2) is 7.94. The molecule has 5 nitrogen and oxygen atoms in total. The summed E-state index contributed by atoms with van der Waals surface area (Å²) < 4.78 is 10.5. The lowest BCUT2D eigenvalue weighted by Crippen LogP contribution is -2.26. The molecule has 2 aromatic rings. The van der Waals surface area contributed by atoms with E-state index < -0.39 is 0 Å². The van der Waals surface area contributed by atoms with Crippen LogP contribution in [0, 0.1) is 0 Å². The third-order valence-electron chi connectivity index (χ3n) is 4.22. The summed E-state index contributed by atoms with van der Waals surface area (Å²) in [6.07, 6.45) is 1.01.